The van der Waals surface area contributed by atoms with Crippen LogP contribution < -0.4 is 9.47 Å². The fourth-order valence-corrected chi connectivity index (χ4v) is 1.30. The molecule has 0 aromatic carbocycles. The molecule has 0 aliphatic carbocycles. The molecular formula is C11H12F3NO4. The number of carbonyl (C=O) groups is 1. The lowest BCUT2D eigenvalue weighted by molar-refractivity contribution is -0.274. The number of pyridine rings is 1. The van der Waals surface area contributed by atoms with Gasteiger partial charge in [-0.3, -0.25) is 0 Å². The second-order valence-electron chi connectivity index (χ2n) is 3.41. The first-order valence-electron chi connectivity index (χ1n) is 5.27. The second kappa shape index (κ2) is 5.77. The molecule has 0 N–H and O–H groups in total. The van der Waals surface area contributed by atoms with E-state index in [1.54, 1.807) is 6.92 Å². The van der Waals surface area contributed by atoms with E-state index in [0.29, 0.717) is 0 Å². The first kappa shape index (κ1) is 15.1. The first-order valence-corrected chi connectivity index (χ1v) is 5.27. The fourth-order valence-electron chi connectivity index (χ4n) is 1.30. The molecule has 8 heteroatoms. The Kier molecular flexibility index (Phi) is 4.57. The van der Waals surface area contributed by atoms with Gasteiger partial charge in [0, 0.05) is 6.07 Å². The summed E-state index contributed by atoms with van der Waals surface area (Å²) in [6.45, 7) is 2.98. The van der Waals surface area contributed by atoms with Crippen molar-refractivity contribution in [2.24, 2.45) is 0 Å². The van der Waals surface area contributed by atoms with E-state index in [-0.39, 0.29) is 23.7 Å². The molecule has 0 aliphatic rings. The van der Waals surface area contributed by atoms with Crippen LogP contribution in [0.3, 0.4) is 0 Å². The van der Waals surface area contributed by atoms with E-state index in [0.717, 1.165) is 6.07 Å². The highest BCUT2D eigenvalue weighted by Crippen LogP contribution is 2.31. The average Bonchev–Trinajstić information content (AvgIpc) is 2.30. The van der Waals surface area contributed by atoms with E-state index in [1.165, 1.54) is 14.0 Å². The van der Waals surface area contributed by atoms with Gasteiger partial charge < -0.3 is 14.2 Å². The van der Waals surface area contributed by atoms with Gasteiger partial charge in [0.2, 0.25) is 5.88 Å². The Balaban J connectivity index is 3.22. The van der Waals surface area contributed by atoms with Gasteiger partial charge in [0.25, 0.3) is 0 Å². The van der Waals surface area contributed by atoms with Crippen LogP contribution in [0, 0.1) is 6.92 Å². The van der Waals surface area contributed by atoms with Crippen molar-refractivity contribution >= 4 is 5.97 Å². The summed E-state index contributed by atoms with van der Waals surface area (Å²) in [6, 6.07) is 0.864. The van der Waals surface area contributed by atoms with E-state index in [9.17, 15) is 18.0 Å². The van der Waals surface area contributed by atoms with E-state index < -0.39 is 18.1 Å². The highest BCUT2D eigenvalue weighted by Gasteiger charge is 2.33. The topological polar surface area (TPSA) is 57.7 Å². The predicted octanol–water partition coefficient (Wildman–Crippen LogP) is 2.47. The maximum absolute atomic E-state index is 12.2. The summed E-state index contributed by atoms with van der Waals surface area (Å²) in [7, 11) is 1.22. The quantitative estimate of drug-likeness (QED) is 0.792. The van der Waals surface area contributed by atoms with Crippen molar-refractivity contribution in [2.45, 2.75) is 20.2 Å². The summed E-state index contributed by atoms with van der Waals surface area (Å²) in [6.07, 6.45) is -4.87. The number of methoxy groups -OCH3 is 1. The number of hydrogen-bond donors (Lipinski definition) is 0. The average molecular weight is 279 g/mol. The molecule has 0 spiro atoms. The van der Waals surface area contributed by atoms with Crippen molar-refractivity contribution in [1.29, 1.82) is 0 Å². The number of nitrogens with zero attached hydrogens (tertiary/aromatic N) is 1. The number of rotatable bonds is 4. The maximum Gasteiger partial charge on any atom is 0.573 e. The largest absolute Gasteiger partial charge is 0.573 e. The Morgan fingerprint density at radius 2 is 2.05 bits per heavy atom. The SMILES string of the molecule is CCOC(=O)c1cc(OC(F)(F)F)c(C)c(OC)n1. The number of esters is 1. The molecule has 1 aromatic rings. The van der Waals surface area contributed by atoms with Crippen LogP contribution in [0.5, 0.6) is 11.6 Å². The van der Waals surface area contributed by atoms with Crippen molar-refractivity contribution in [2.75, 3.05) is 13.7 Å². The normalized spacial score (nSPS) is 11.1. The van der Waals surface area contributed by atoms with E-state index in [1.807, 2.05) is 0 Å². The summed E-state index contributed by atoms with van der Waals surface area (Å²) >= 11 is 0. The summed E-state index contributed by atoms with van der Waals surface area (Å²) in [5.74, 6) is -1.54. The lowest BCUT2D eigenvalue weighted by Crippen LogP contribution is -2.19. The Morgan fingerprint density at radius 1 is 1.42 bits per heavy atom. The Labute approximate surface area is 107 Å². The Bertz CT molecular complexity index is 474. The van der Waals surface area contributed by atoms with Crippen molar-refractivity contribution in [3.05, 3.63) is 17.3 Å². The van der Waals surface area contributed by atoms with Crippen LogP contribution in [-0.2, 0) is 4.74 Å². The van der Waals surface area contributed by atoms with Crippen LogP contribution in [0.4, 0.5) is 13.2 Å². The molecule has 0 aliphatic heterocycles. The minimum Gasteiger partial charge on any atom is -0.481 e. The Morgan fingerprint density at radius 3 is 2.53 bits per heavy atom. The van der Waals surface area contributed by atoms with Crippen molar-refractivity contribution in [3.63, 3.8) is 0 Å². The number of alkyl halides is 3. The zero-order valence-electron chi connectivity index (χ0n) is 10.5. The van der Waals surface area contributed by atoms with Crippen LogP contribution in [0.1, 0.15) is 23.0 Å². The molecule has 0 unspecified atom stereocenters. The molecule has 0 saturated heterocycles. The van der Waals surface area contributed by atoms with Crippen LogP contribution in [0.25, 0.3) is 0 Å². The highest BCUT2D eigenvalue weighted by molar-refractivity contribution is 5.88. The van der Waals surface area contributed by atoms with E-state index in [4.69, 9.17) is 4.74 Å². The van der Waals surface area contributed by atoms with Gasteiger partial charge >= 0.3 is 12.3 Å². The van der Waals surface area contributed by atoms with Crippen LogP contribution in [0.15, 0.2) is 6.07 Å². The monoisotopic (exact) mass is 279 g/mol. The van der Waals surface area contributed by atoms with Gasteiger partial charge in [0.05, 0.1) is 19.3 Å². The highest BCUT2D eigenvalue weighted by atomic mass is 19.4. The zero-order chi connectivity index (χ0) is 14.6. The van der Waals surface area contributed by atoms with Crippen LogP contribution in [-0.4, -0.2) is 31.0 Å². The summed E-state index contributed by atoms with van der Waals surface area (Å²) in [4.78, 5) is 15.2. The summed E-state index contributed by atoms with van der Waals surface area (Å²) in [5, 5.41) is 0. The molecule has 0 amide bonds. The summed E-state index contributed by atoms with van der Waals surface area (Å²) in [5.41, 5.74) is -0.281. The van der Waals surface area contributed by atoms with Crippen LogP contribution >= 0.6 is 0 Å². The van der Waals surface area contributed by atoms with Gasteiger partial charge in [0.15, 0.2) is 5.69 Å². The lowest BCUT2D eigenvalue weighted by Gasteiger charge is -2.14. The van der Waals surface area contributed by atoms with Gasteiger partial charge in [-0.25, -0.2) is 9.78 Å². The molecule has 0 radical (unpaired) electrons. The minimum atomic E-state index is -4.87. The standard InChI is InChI=1S/C11H12F3NO4/c1-4-18-10(16)7-5-8(19-11(12,13)14)6(2)9(15-7)17-3/h5H,4H2,1-3H3. The van der Waals surface area contributed by atoms with Gasteiger partial charge in [0.1, 0.15) is 5.75 Å². The zero-order valence-corrected chi connectivity index (χ0v) is 10.5. The van der Waals surface area contributed by atoms with Crippen LogP contribution in [0.2, 0.25) is 0 Å². The molecule has 106 valence electrons. The molecule has 0 saturated carbocycles. The van der Waals surface area contributed by atoms with Gasteiger partial charge in [-0.1, -0.05) is 0 Å². The molecule has 0 bridgehead atoms. The van der Waals surface area contributed by atoms with Crippen molar-refractivity contribution in [3.8, 4) is 11.6 Å². The van der Waals surface area contributed by atoms with Gasteiger partial charge in [-0.15, -0.1) is 13.2 Å². The van der Waals surface area contributed by atoms with Crippen molar-refractivity contribution < 1.29 is 32.2 Å². The molecule has 1 aromatic heterocycles. The van der Waals surface area contributed by atoms with Gasteiger partial charge in [-0.05, 0) is 13.8 Å². The molecule has 5 nitrogen and oxygen atoms in total. The maximum atomic E-state index is 12.2. The number of halogens is 3. The molecule has 0 fully saturated rings. The fraction of sp³-hybridized carbons (Fsp3) is 0.455. The molecule has 1 heterocycles. The molecular weight excluding hydrogens is 267 g/mol. The third-order valence-corrected chi connectivity index (χ3v) is 2.08. The summed E-state index contributed by atoms with van der Waals surface area (Å²) < 4.78 is 50.0. The predicted molar refractivity (Wildman–Crippen MR) is 58.2 cm³/mol. The first-order chi connectivity index (χ1) is 8.78. The lowest BCUT2D eigenvalue weighted by atomic mass is 10.2. The van der Waals surface area contributed by atoms with Crippen molar-refractivity contribution in [1.82, 2.24) is 4.98 Å². The number of aromatic nitrogens is 1. The number of carbonyl (C=O) groups excluding carboxylic acids is 1. The van der Waals surface area contributed by atoms with E-state index in [2.05, 4.69) is 14.5 Å². The van der Waals surface area contributed by atoms with Gasteiger partial charge in [-0.2, -0.15) is 0 Å². The molecule has 19 heavy (non-hydrogen) atoms. The third kappa shape index (κ3) is 4.01. The number of ether oxygens (including phenoxy) is 3. The smallest absolute Gasteiger partial charge is 0.481 e. The Hall–Kier alpha value is -1.99. The second-order valence-corrected chi connectivity index (χ2v) is 3.41. The molecule has 1 rings (SSSR count). The van der Waals surface area contributed by atoms with E-state index >= 15 is 0 Å². The minimum absolute atomic E-state index is 0.0351. The number of hydrogen-bond acceptors (Lipinski definition) is 5. The molecule has 0 atom stereocenters. The third-order valence-electron chi connectivity index (χ3n) is 2.08.